The summed E-state index contributed by atoms with van der Waals surface area (Å²) in [7, 11) is -4.11. The van der Waals surface area contributed by atoms with Gasteiger partial charge in [0.2, 0.25) is 11.8 Å². The van der Waals surface area contributed by atoms with Gasteiger partial charge in [-0.05, 0) is 55.7 Å². The van der Waals surface area contributed by atoms with Crippen LogP contribution in [-0.2, 0) is 32.6 Å². The van der Waals surface area contributed by atoms with Gasteiger partial charge in [0, 0.05) is 19.5 Å². The topological polar surface area (TPSA) is 86.8 Å². The van der Waals surface area contributed by atoms with Crippen LogP contribution in [0.1, 0.15) is 35.6 Å². The molecule has 43 heavy (non-hydrogen) atoms. The third kappa shape index (κ3) is 8.32. The fraction of sp³-hybridized carbons (Fsp3) is 0.257. The van der Waals surface area contributed by atoms with Crippen LogP contribution in [0, 0.1) is 13.8 Å². The summed E-state index contributed by atoms with van der Waals surface area (Å²) in [4.78, 5) is 29.6. The van der Waals surface area contributed by atoms with Gasteiger partial charge in [-0.15, -0.1) is 0 Å². The first-order chi connectivity index (χ1) is 20.7. The molecule has 0 aliphatic heterocycles. The Morgan fingerprint density at radius 2 is 1.30 bits per heavy atom. The Kier molecular flexibility index (Phi) is 10.7. The van der Waals surface area contributed by atoms with Crippen molar-refractivity contribution in [2.45, 2.75) is 51.1 Å². The van der Waals surface area contributed by atoms with Gasteiger partial charge in [0.15, 0.2) is 0 Å². The van der Waals surface area contributed by atoms with Crippen LogP contribution in [0.15, 0.2) is 114 Å². The summed E-state index contributed by atoms with van der Waals surface area (Å²) in [6.07, 6.45) is 1.02. The zero-order valence-electron chi connectivity index (χ0n) is 24.9. The van der Waals surface area contributed by atoms with Crippen LogP contribution in [0.5, 0.6) is 0 Å². The van der Waals surface area contributed by atoms with Crippen molar-refractivity contribution < 1.29 is 18.0 Å². The van der Waals surface area contributed by atoms with Gasteiger partial charge in [0.25, 0.3) is 10.0 Å². The summed E-state index contributed by atoms with van der Waals surface area (Å²) in [5, 5.41) is 2.96. The second-order valence-electron chi connectivity index (χ2n) is 10.7. The molecule has 4 rings (SSSR count). The molecule has 7 nitrogen and oxygen atoms in total. The molecule has 224 valence electrons. The lowest BCUT2D eigenvalue weighted by molar-refractivity contribution is -0.140. The lowest BCUT2D eigenvalue weighted by Crippen LogP contribution is -2.53. The minimum absolute atomic E-state index is 0.0846. The molecule has 0 aliphatic rings. The number of sulfonamides is 1. The van der Waals surface area contributed by atoms with E-state index in [1.807, 2.05) is 75.4 Å². The highest BCUT2D eigenvalue weighted by molar-refractivity contribution is 7.92. The van der Waals surface area contributed by atoms with Gasteiger partial charge in [0.05, 0.1) is 10.6 Å². The molecule has 8 heteroatoms. The van der Waals surface area contributed by atoms with Gasteiger partial charge >= 0.3 is 0 Å². The largest absolute Gasteiger partial charge is 0.354 e. The van der Waals surface area contributed by atoms with E-state index in [-0.39, 0.29) is 23.8 Å². The maximum atomic E-state index is 14.4. The monoisotopic (exact) mass is 597 g/mol. The average Bonchev–Trinajstić information content (AvgIpc) is 3.02. The van der Waals surface area contributed by atoms with Crippen molar-refractivity contribution in [2.24, 2.45) is 0 Å². The molecule has 0 saturated carbocycles. The normalized spacial score (nSPS) is 11.9. The van der Waals surface area contributed by atoms with Crippen LogP contribution in [0.25, 0.3) is 0 Å². The average molecular weight is 598 g/mol. The number of benzene rings is 4. The third-order valence-corrected chi connectivity index (χ3v) is 9.01. The molecule has 2 amide bonds. The molecular formula is C35H39N3O4S. The van der Waals surface area contributed by atoms with Crippen molar-refractivity contribution in [3.63, 3.8) is 0 Å². The SMILES string of the molecule is CCCNC(=O)[C@H](Cc1ccccc1)N(Cc1ccc(C)cc1)C(=O)CN(c1ccccc1)S(=O)(=O)c1ccc(C)cc1. The van der Waals surface area contributed by atoms with Gasteiger partial charge < -0.3 is 10.2 Å². The number of carbonyl (C=O) groups is 2. The molecule has 0 unspecified atom stereocenters. The molecule has 1 N–H and O–H groups in total. The van der Waals surface area contributed by atoms with Gasteiger partial charge in [-0.3, -0.25) is 13.9 Å². The van der Waals surface area contributed by atoms with Crippen molar-refractivity contribution in [3.8, 4) is 0 Å². The van der Waals surface area contributed by atoms with Crippen LogP contribution in [0.3, 0.4) is 0 Å². The van der Waals surface area contributed by atoms with Crippen LogP contribution >= 0.6 is 0 Å². The highest BCUT2D eigenvalue weighted by Gasteiger charge is 2.34. The number of carbonyl (C=O) groups excluding carboxylic acids is 2. The molecule has 1 atom stereocenters. The first-order valence-corrected chi connectivity index (χ1v) is 15.9. The number of anilines is 1. The lowest BCUT2D eigenvalue weighted by Gasteiger charge is -2.34. The Hall–Kier alpha value is -4.43. The highest BCUT2D eigenvalue weighted by Crippen LogP contribution is 2.25. The van der Waals surface area contributed by atoms with Crippen molar-refractivity contribution in [1.29, 1.82) is 0 Å². The molecule has 0 spiro atoms. The predicted octanol–water partition coefficient (Wildman–Crippen LogP) is 5.67. The fourth-order valence-corrected chi connectivity index (χ4v) is 6.18. The van der Waals surface area contributed by atoms with Gasteiger partial charge in [-0.1, -0.05) is 103 Å². The molecule has 0 fully saturated rings. The fourth-order valence-electron chi connectivity index (χ4n) is 4.77. The summed E-state index contributed by atoms with van der Waals surface area (Å²) in [6, 6.07) is 31.6. The minimum atomic E-state index is -4.11. The number of hydrogen-bond donors (Lipinski definition) is 1. The quantitative estimate of drug-likeness (QED) is 0.215. The standard InChI is InChI=1S/C35H39N3O4S/c1-4-23-36-35(40)33(24-29-11-7-5-8-12-29)37(25-30-19-15-27(2)16-20-30)34(39)26-38(31-13-9-6-10-14-31)43(41,42)32-21-17-28(3)18-22-32/h5-22,33H,4,23-26H2,1-3H3,(H,36,40)/t33-/m0/s1. The zero-order valence-corrected chi connectivity index (χ0v) is 25.8. The van der Waals surface area contributed by atoms with Crippen molar-refractivity contribution in [2.75, 3.05) is 17.4 Å². The maximum Gasteiger partial charge on any atom is 0.264 e. The van der Waals surface area contributed by atoms with Gasteiger partial charge in [-0.25, -0.2) is 8.42 Å². The maximum absolute atomic E-state index is 14.4. The van der Waals surface area contributed by atoms with Crippen LogP contribution in [-0.4, -0.2) is 44.3 Å². The van der Waals surface area contributed by atoms with Crippen molar-refractivity contribution in [3.05, 3.63) is 131 Å². The van der Waals surface area contributed by atoms with Gasteiger partial charge in [0.1, 0.15) is 12.6 Å². The molecule has 4 aromatic carbocycles. The molecule has 0 aliphatic carbocycles. The summed E-state index contributed by atoms with van der Waals surface area (Å²) in [5.41, 5.74) is 4.10. The van der Waals surface area contributed by atoms with E-state index in [0.717, 1.165) is 33.0 Å². The lowest BCUT2D eigenvalue weighted by atomic mass is 10.0. The molecule has 0 aromatic heterocycles. The van der Waals surface area contributed by atoms with E-state index >= 15 is 0 Å². The number of para-hydroxylation sites is 1. The van der Waals surface area contributed by atoms with E-state index in [2.05, 4.69) is 5.32 Å². The summed E-state index contributed by atoms with van der Waals surface area (Å²) in [6.45, 7) is 5.97. The number of amides is 2. The number of aryl methyl sites for hydroxylation is 2. The highest BCUT2D eigenvalue weighted by atomic mass is 32.2. The van der Waals surface area contributed by atoms with E-state index in [1.54, 1.807) is 54.6 Å². The smallest absolute Gasteiger partial charge is 0.264 e. The zero-order chi connectivity index (χ0) is 30.8. The van der Waals surface area contributed by atoms with Crippen LogP contribution in [0.2, 0.25) is 0 Å². The Morgan fingerprint density at radius 1 is 0.744 bits per heavy atom. The van der Waals surface area contributed by atoms with E-state index in [1.165, 1.54) is 4.90 Å². The Morgan fingerprint density at radius 3 is 1.88 bits per heavy atom. The van der Waals surface area contributed by atoms with E-state index < -0.39 is 28.5 Å². The number of nitrogens with one attached hydrogen (secondary N) is 1. The molecular weight excluding hydrogens is 558 g/mol. The van der Waals surface area contributed by atoms with E-state index in [0.29, 0.717) is 12.2 Å². The minimum Gasteiger partial charge on any atom is -0.354 e. The number of hydrogen-bond acceptors (Lipinski definition) is 4. The molecule has 0 saturated heterocycles. The van der Waals surface area contributed by atoms with E-state index in [4.69, 9.17) is 0 Å². The van der Waals surface area contributed by atoms with E-state index in [9.17, 15) is 18.0 Å². The number of rotatable bonds is 13. The van der Waals surface area contributed by atoms with Gasteiger partial charge in [-0.2, -0.15) is 0 Å². The summed E-state index contributed by atoms with van der Waals surface area (Å²) >= 11 is 0. The molecule has 0 bridgehead atoms. The first-order valence-electron chi connectivity index (χ1n) is 14.5. The second kappa shape index (κ2) is 14.6. The second-order valence-corrected chi connectivity index (χ2v) is 12.5. The Balaban J connectivity index is 1.77. The predicted molar refractivity (Wildman–Crippen MR) is 171 cm³/mol. The summed E-state index contributed by atoms with van der Waals surface area (Å²) < 4.78 is 29.2. The van der Waals surface area contributed by atoms with Crippen LogP contribution < -0.4 is 9.62 Å². The molecule has 0 radical (unpaired) electrons. The number of nitrogens with zero attached hydrogens (tertiary/aromatic N) is 2. The van der Waals surface area contributed by atoms with Crippen molar-refractivity contribution >= 4 is 27.5 Å². The van der Waals surface area contributed by atoms with Crippen LogP contribution in [0.4, 0.5) is 5.69 Å². The Labute approximate surface area is 255 Å². The molecule has 0 heterocycles. The molecule has 4 aromatic rings. The van der Waals surface area contributed by atoms with Crippen molar-refractivity contribution in [1.82, 2.24) is 10.2 Å². The third-order valence-electron chi connectivity index (χ3n) is 7.23. The first kappa shape index (κ1) is 31.5. The summed E-state index contributed by atoms with van der Waals surface area (Å²) in [5.74, 6) is -0.758. The Bertz CT molecular complexity index is 1590.